The number of alkyl halides is 2. The maximum Gasteiger partial charge on any atom is 0.410 e. The number of carbonyl (C=O) groups is 1. The lowest BCUT2D eigenvalue weighted by Gasteiger charge is -2.41. The van der Waals surface area contributed by atoms with E-state index in [1.165, 1.54) is 11.6 Å². The predicted octanol–water partition coefficient (Wildman–Crippen LogP) is 9.70. The third-order valence-corrected chi connectivity index (χ3v) is 7.61. The number of nitriles is 1. The first-order valence-electron chi connectivity index (χ1n) is 15.9. The Hall–Kier alpha value is -3.47. The minimum atomic E-state index is -2.59. The van der Waals surface area contributed by atoms with Crippen LogP contribution in [0.25, 0.3) is 0 Å². The van der Waals surface area contributed by atoms with E-state index in [1.807, 2.05) is 58.1 Å². The number of allylic oxidation sites excluding steroid dienone is 11. The van der Waals surface area contributed by atoms with Gasteiger partial charge in [0.2, 0.25) is 0 Å². The van der Waals surface area contributed by atoms with Gasteiger partial charge in [0.1, 0.15) is 5.60 Å². The number of rotatable bonds is 12. The van der Waals surface area contributed by atoms with Gasteiger partial charge in [0.05, 0.1) is 11.6 Å². The molecule has 2 aliphatic rings. The van der Waals surface area contributed by atoms with Crippen LogP contribution in [-0.4, -0.2) is 59.3 Å². The average molecular weight is 613 g/mol. The Labute approximate surface area is 265 Å². The maximum atomic E-state index is 13.8. The Kier molecular flexibility index (Phi) is 17.3. The minimum Gasteiger partial charge on any atom is -0.443 e. The standard InChI is InChI=1S/C23H35F2N3O2.C13H19N/c1-7-9-12-26-17(4)20(19(8-2)21(24)25)18(5)27-13-14-28(16(3)15-27)22(29)30-23(6)10-11-23;1-4-6-7-9-13(11-14)10-12(3)8-5-2/h8-9,12,16,21H,7,10-11,13-15H2,1-6H3;6-7,9-10H,4-5,8H2,1-3H3/b12-9+,19-8+,20-18-,26-17+;7-6+,12-10+,13-9+. The normalized spacial score (nSPS) is 20.0. The molecule has 2 rings (SSSR count). The number of ether oxygens (including phenoxy) is 1. The van der Waals surface area contributed by atoms with Gasteiger partial charge in [-0.3, -0.25) is 4.99 Å². The monoisotopic (exact) mass is 612 g/mol. The number of piperazine rings is 1. The quantitative estimate of drug-likeness (QED) is 0.125. The third-order valence-electron chi connectivity index (χ3n) is 7.61. The number of hydrogen-bond donors (Lipinski definition) is 0. The summed E-state index contributed by atoms with van der Waals surface area (Å²) in [5.74, 6) is 0. The van der Waals surface area contributed by atoms with E-state index < -0.39 is 6.43 Å². The summed E-state index contributed by atoms with van der Waals surface area (Å²) in [6.45, 7) is 19.0. The highest BCUT2D eigenvalue weighted by atomic mass is 19.3. The molecule has 1 atom stereocenters. The Morgan fingerprint density at radius 1 is 1.14 bits per heavy atom. The molecule has 1 unspecified atom stereocenters. The molecule has 1 amide bonds. The van der Waals surface area contributed by atoms with Gasteiger partial charge >= 0.3 is 6.09 Å². The zero-order chi connectivity index (χ0) is 33.3. The summed E-state index contributed by atoms with van der Waals surface area (Å²) in [6.07, 6.45) is 15.8. The van der Waals surface area contributed by atoms with Crippen LogP contribution in [-0.2, 0) is 4.74 Å². The fourth-order valence-electron chi connectivity index (χ4n) is 4.79. The topological polar surface area (TPSA) is 68.9 Å². The van der Waals surface area contributed by atoms with Crippen molar-refractivity contribution in [3.8, 4) is 6.07 Å². The van der Waals surface area contributed by atoms with Gasteiger partial charge in [0.25, 0.3) is 6.43 Å². The molecule has 1 saturated heterocycles. The molecule has 0 N–H and O–H groups in total. The second-order valence-electron chi connectivity index (χ2n) is 11.6. The molecule has 0 radical (unpaired) electrons. The molecule has 0 aromatic heterocycles. The van der Waals surface area contributed by atoms with Gasteiger partial charge in [-0.05, 0) is 85.8 Å². The van der Waals surface area contributed by atoms with Crippen LogP contribution in [0.15, 0.2) is 75.6 Å². The van der Waals surface area contributed by atoms with Crippen LogP contribution in [0, 0.1) is 11.3 Å². The Balaban J connectivity index is 0.000000582. The molecule has 1 aliphatic heterocycles. The summed E-state index contributed by atoms with van der Waals surface area (Å²) in [6, 6.07) is 2.10. The molecule has 2 fully saturated rings. The molecular weight excluding hydrogens is 558 g/mol. The number of carbonyl (C=O) groups excluding carboxylic acids is 1. The number of nitrogens with zero attached hydrogens (tertiary/aromatic N) is 4. The van der Waals surface area contributed by atoms with E-state index in [4.69, 9.17) is 10.00 Å². The predicted molar refractivity (Wildman–Crippen MR) is 179 cm³/mol. The fraction of sp³-hybridized carbons (Fsp3) is 0.583. The number of hydrogen-bond acceptors (Lipinski definition) is 5. The van der Waals surface area contributed by atoms with Crippen molar-refractivity contribution in [2.75, 3.05) is 19.6 Å². The second-order valence-corrected chi connectivity index (χ2v) is 11.6. The van der Waals surface area contributed by atoms with Crippen LogP contribution in [0.5, 0.6) is 0 Å². The van der Waals surface area contributed by atoms with Crippen molar-refractivity contribution in [2.24, 2.45) is 4.99 Å². The SMILES string of the molecule is CC/C=C/C=C(C#N)\C=C(/C)CCC.C\C=C(C(/C(C)=N/C=C/CC)=C(/C)N1CCN(C(=O)OC2(C)CC2)C(C)C1)\C(F)F. The van der Waals surface area contributed by atoms with Crippen LogP contribution in [0.1, 0.15) is 101 Å². The molecule has 44 heavy (non-hydrogen) atoms. The van der Waals surface area contributed by atoms with Gasteiger partial charge in [-0.25, -0.2) is 13.6 Å². The Morgan fingerprint density at radius 2 is 1.80 bits per heavy atom. The van der Waals surface area contributed by atoms with Crippen LogP contribution in [0.3, 0.4) is 0 Å². The van der Waals surface area contributed by atoms with E-state index >= 15 is 0 Å². The first-order valence-corrected chi connectivity index (χ1v) is 15.9. The van der Waals surface area contributed by atoms with Gasteiger partial charge in [-0.1, -0.05) is 57.1 Å². The lowest BCUT2D eigenvalue weighted by atomic mass is 9.98. The van der Waals surface area contributed by atoms with Crippen molar-refractivity contribution in [1.82, 2.24) is 9.80 Å². The number of amides is 1. The van der Waals surface area contributed by atoms with Gasteiger partial charge in [0.15, 0.2) is 0 Å². The summed E-state index contributed by atoms with van der Waals surface area (Å²) in [4.78, 5) is 20.7. The van der Waals surface area contributed by atoms with Crippen LogP contribution < -0.4 is 0 Å². The van der Waals surface area contributed by atoms with E-state index in [1.54, 1.807) is 24.9 Å². The Morgan fingerprint density at radius 3 is 2.30 bits per heavy atom. The molecule has 0 bridgehead atoms. The van der Waals surface area contributed by atoms with Gasteiger partial charge in [0, 0.05) is 54.4 Å². The molecule has 0 aromatic carbocycles. The smallest absolute Gasteiger partial charge is 0.410 e. The van der Waals surface area contributed by atoms with E-state index in [0.717, 1.165) is 49.8 Å². The fourth-order valence-corrected chi connectivity index (χ4v) is 4.79. The molecule has 8 heteroatoms. The van der Waals surface area contributed by atoms with Crippen molar-refractivity contribution in [3.63, 3.8) is 0 Å². The summed E-state index contributed by atoms with van der Waals surface area (Å²) in [7, 11) is 0. The van der Waals surface area contributed by atoms with Crippen molar-refractivity contribution >= 4 is 11.8 Å². The number of aliphatic imine (C=N–C) groups is 1. The summed E-state index contributed by atoms with van der Waals surface area (Å²) in [5.41, 5.74) is 3.46. The van der Waals surface area contributed by atoms with Crippen LogP contribution in [0.4, 0.5) is 13.6 Å². The average Bonchev–Trinajstić information content (AvgIpc) is 3.71. The van der Waals surface area contributed by atoms with E-state index in [0.29, 0.717) is 30.9 Å². The number of halogens is 2. The molecule has 0 aromatic rings. The van der Waals surface area contributed by atoms with E-state index in [9.17, 15) is 13.6 Å². The molecule has 6 nitrogen and oxygen atoms in total. The van der Waals surface area contributed by atoms with Crippen LogP contribution >= 0.6 is 0 Å². The van der Waals surface area contributed by atoms with Gasteiger partial charge in [-0.2, -0.15) is 5.26 Å². The van der Waals surface area contributed by atoms with Crippen molar-refractivity contribution < 1.29 is 18.3 Å². The maximum absolute atomic E-state index is 13.8. The molecule has 1 heterocycles. The first-order chi connectivity index (χ1) is 20.9. The van der Waals surface area contributed by atoms with Gasteiger partial charge < -0.3 is 14.5 Å². The summed E-state index contributed by atoms with van der Waals surface area (Å²) < 4.78 is 33.1. The molecule has 1 aliphatic carbocycles. The lowest BCUT2D eigenvalue weighted by Crippen LogP contribution is -2.54. The molecule has 1 saturated carbocycles. The van der Waals surface area contributed by atoms with Crippen LogP contribution in [0.2, 0.25) is 0 Å². The lowest BCUT2D eigenvalue weighted by molar-refractivity contribution is 0.0301. The van der Waals surface area contributed by atoms with Crippen molar-refractivity contribution in [2.45, 2.75) is 119 Å². The largest absolute Gasteiger partial charge is 0.443 e. The minimum absolute atomic E-state index is 0.0187. The molecule has 0 spiro atoms. The van der Waals surface area contributed by atoms with Crippen molar-refractivity contribution in [3.05, 3.63) is 70.6 Å². The van der Waals surface area contributed by atoms with Gasteiger partial charge in [-0.15, -0.1) is 0 Å². The van der Waals surface area contributed by atoms with E-state index in [2.05, 4.69) is 36.7 Å². The molecule has 244 valence electrons. The third kappa shape index (κ3) is 13.0. The highest BCUT2D eigenvalue weighted by Gasteiger charge is 2.43. The zero-order valence-electron chi connectivity index (χ0n) is 28.4. The molecular formula is C36H54F2N4O2. The summed E-state index contributed by atoms with van der Waals surface area (Å²) in [5, 5.41) is 8.85. The first kappa shape index (κ1) is 38.6. The Bertz CT molecular complexity index is 1200. The highest BCUT2D eigenvalue weighted by molar-refractivity contribution is 6.03. The second kappa shape index (κ2) is 19.7. The summed E-state index contributed by atoms with van der Waals surface area (Å²) >= 11 is 0. The van der Waals surface area contributed by atoms with E-state index in [-0.39, 0.29) is 23.3 Å². The zero-order valence-corrected chi connectivity index (χ0v) is 28.4. The van der Waals surface area contributed by atoms with Crippen molar-refractivity contribution in [1.29, 1.82) is 5.26 Å². The highest BCUT2D eigenvalue weighted by Crippen LogP contribution is 2.39.